The van der Waals surface area contributed by atoms with Crippen molar-refractivity contribution in [3.8, 4) is 17.5 Å². The predicted molar refractivity (Wildman–Crippen MR) is 143 cm³/mol. The lowest BCUT2D eigenvalue weighted by atomic mass is 10.0. The maximum Gasteiger partial charge on any atom is 0.249 e. The van der Waals surface area contributed by atoms with Crippen LogP contribution >= 0.6 is 11.6 Å². The van der Waals surface area contributed by atoms with Crippen molar-refractivity contribution in [1.29, 1.82) is 5.26 Å². The number of nitrogens with zero attached hydrogens (tertiary/aromatic N) is 6. The van der Waals surface area contributed by atoms with Gasteiger partial charge in [-0.25, -0.2) is 14.4 Å². The van der Waals surface area contributed by atoms with E-state index >= 15 is 0 Å². The molecule has 40 heavy (non-hydrogen) atoms. The van der Waals surface area contributed by atoms with Crippen molar-refractivity contribution in [1.82, 2.24) is 30.4 Å². The Labute approximate surface area is 229 Å². The van der Waals surface area contributed by atoms with E-state index in [9.17, 15) is 14.0 Å². The molecule has 0 fully saturated rings. The minimum absolute atomic E-state index is 0.140. The largest absolute Gasteiger partial charge is 0.445 e. The van der Waals surface area contributed by atoms with Crippen molar-refractivity contribution < 1.29 is 13.2 Å². The van der Waals surface area contributed by atoms with Gasteiger partial charge in [-0.3, -0.25) is 4.98 Å². The molecule has 1 atom stereocenters. The molecular weight excluding hydrogens is 540 g/mol. The van der Waals surface area contributed by atoms with E-state index in [0.717, 1.165) is 23.4 Å². The number of fused-ring (bicyclic) bond motifs is 1. The van der Waals surface area contributed by atoms with Gasteiger partial charge in [-0.2, -0.15) is 25.1 Å². The van der Waals surface area contributed by atoms with E-state index in [-0.39, 0.29) is 11.3 Å². The van der Waals surface area contributed by atoms with Gasteiger partial charge in [0.25, 0.3) is 0 Å². The monoisotopic (exact) mass is 555 g/mol. The first-order chi connectivity index (χ1) is 19.5. The molecule has 0 aliphatic carbocycles. The summed E-state index contributed by atoms with van der Waals surface area (Å²) in [5.41, 5.74) is 3.76. The fraction of sp³-hybridized carbons (Fsp3) is 0.0370. The van der Waals surface area contributed by atoms with E-state index in [4.69, 9.17) is 16.0 Å². The van der Waals surface area contributed by atoms with Gasteiger partial charge in [-0.05, 0) is 29.8 Å². The first kappa shape index (κ1) is 24.9. The molecule has 0 saturated heterocycles. The molecule has 10 nitrogen and oxygen atoms in total. The summed E-state index contributed by atoms with van der Waals surface area (Å²) in [7, 11) is 0. The molecule has 2 aromatic carbocycles. The van der Waals surface area contributed by atoms with Crippen molar-refractivity contribution in [2.45, 2.75) is 6.04 Å². The molecule has 6 rings (SSSR count). The van der Waals surface area contributed by atoms with Crippen LogP contribution in [-0.2, 0) is 0 Å². The fourth-order valence-electron chi connectivity index (χ4n) is 4.26. The molecule has 196 valence electrons. The van der Waals surface area contributed by atoms with Crippen LogP contribution in [-0.4, -0.2) is 30.4 Å². The van der Waals surface area contributed by atoms with Crippen molar-refractivity contribution in [3.63, 3.8) is 0 Å². The van der Waals surface area contributed by atoms with Gasteiger partial charge in [0.15, 0.2) is 5.82 Å². The van der Waals surface area contributed by atoms with Crippen molar-refractivity contribution in [2.24, 2.45) is 0 Å². The third-order valence-corrected chi connectivity index (χ3v) is 6.34. The minimum Gasteiger partial charge on any atom is -0.445 e. The first-order valence-corrected chi connectivity index (χ1v) is 12.1. The third kappa shape index (κ3) is 4.77. The van der Waals surface area contributed by atoms with Gasteiger partial charge >= 0.3 is 0 Å². The molecule has 0 spiro atoms. The molecular formula is C27H16ClF2N9O. The van der Waals surface area contributed by atoms with Gasteiger partial charge in [0, 0.05) is 28.9 Å². The van der Waals surface area contributed by atoms with Gasteiger partial charge in [0.05, 0.1) is 52.1 Å². The average molecular weight is 556 g/mol. The lowest BCUT2D eigenvalue weighted by Crippen LogP contribution is -2.13. The summed E-state index contributed by atoms with van der Waals surface area (Å²) < 4.78 is 32.7. The molecule has 4 aromatic heterocycles. The number of oxazole rings is 1. The number of benzene rings is 2. The number of anilines is 3. The van der Waals surface area contributed by atoms with Crippen LogP contribution in [0.5, 0.6) is 0 Å². The Kier molecular flexibility index (Phi) is 6.47. The Morgan fingerprint density at radius 2 is 1.93 bits per heavy atom. The highest BCUT2D eigenvalue weighted by Gasteiger charge is 2.20. The van der Waals surface area contributed by atoms with Gasteiger partial charge in [0.1, 0.15) is 18.0 Å². The highest BCUT2D eigenvalue weighted by atomic mass is 35.5. The number of rotatable bonds is 7. The number of pyridine rings is 2. The average Bonchev–Trinajstić information content (AvgIpc) is 3.69. The van der Waals surface area contributed by atoms with Crippen LogP contribution in [0.3, 0.4) is 0 Å². The summed E-state index contributed by atoms with van der Waals surface area (Å²) in [4.78, 5) is 12.0. The Hall–Kier alpha value is -5.41. The van der Waals surface area contributed by atoms with Crippen molar-refractivity contribution >= 4 is 39.6 Å². The quantitative estimate of drug-likeness (QED) is 0.198. The maximum absolute atomic E-state index is 13.9. The van der Waals surface area contributed by atoms with Crippen molar-refractivity contribution in [2.75, 3.05) is 10.6 Å². The van der Waals surface area contributed by atoms with Crippen LogP contribution in [0, 0.1) is 23.1 Å². The molecule has 1 unspecified atom stereocenters. The van der Waals surface area contributed by atoms with E-state index in [2.05, 4.69) is 47.1 Å². The zero-order valence-electron chi connectivity index (χ0n) is 20.2. The van der Waals surface area contributed by atoms with E-state index < -0.39 is 17.8 Å². The number of halogens is 3. The highest BCUT2D eigenvalue weighted by molar-refractivity contribution is 6.36. The Morgan fingerprint density at radius 3 is 2.67 bits per heavy atom. The molecule has 0 radical (unpaired) electrons. The molecule has 4 heterocycles. The Morgan fingerprint density at radius 1 is 1.02 bits per heavy atom. The summed E-state index contributed by atoms with van der Waals surface area (Å²) in [6.45, 7) is 0. The summed E-state index contributed by atoms with van der Waals surface area (Å²) in [5.74, 6) is -1.90. The Bertz CT molecular complexity index is 1870. The van der Waals surface area contributed by atoms with E-state index in [0.29, 0.717) is 38.9 Å². The smallest absolute Gasteiger partial charge is 0.249 e. The third-order valence-electron chi connectivity index (χ3n) is 6.05. The lowest BCUT2D eigenvalue weighted by Gasteiger charge is -2.20. The van der Waals surface area contributed by atoms with Gasteiger partial charge in [-0.15, -0.1) is 0 Å². The number of nitriles is 1. The van der Waals surface area contributed by atoms with Crippen molar-refractivity contribution in [3.05, 3.63) is 107 Å². The molecule has 0 aliphatic rings. The molecule has 13 heteroatoms. The Balaban J connectivity index is 1.44. The standard InChI is InChI=1S/C27H16ClF2N9O/c28-20-8-17(7-19-23(16(10-31)11-33-25(19)20)37-18-9-21(29)26(30)34-12-18)36-24(22-13-35-39-38-22)14-2-1-3-15(6-14)27-32-4-5-40-27/h1-9,11-13,24,36H,(H,33,37)(H,35,38,39). The van der Waals surface area contributed by atoms with Gasteiger partial charge < -0.3 is 15.1 Å². The molecule has 0 aliphatic heterocycles. The number of H-pyrrole nitrogens is 1. The van der Waals surface area contributed by atoms with E-state index in [1.165, 1.54) is 12.5 Å². The second kappa shape index (κ2) is 10.4. The highest BCUT2D eigenvalue weighted by Crippen LogP contribution is 2.37. The first-order valence-electron chi connectivity index (χ1n) is 11.7. The van der Waals surface area contributed by atoms with Crippen LogP contribution in [0.1, 0.15) is 22.9 Å². The van der Waals surface area contributed by atoms with Gasteiger partial charge in [-0.1, -0.05) is 23.7 Å². The summed E-state index contributed by atoms with van der Waals surface area (Å²) >= 11 is 6.64. The second-order valence-corrected chi connectivity index (χ2v) is 8.98. The molecule has 6 aromatic rings. The predicted octanol–water partition coefficient (Wildman–Crippen LogP) is 6.15. The second-order valence-electron chi connectivity index (χ2n) is 8.57. The number of aromatic amines is 1. The van der Waals surface area contributed by atoms with Crippen LogP contribution in [0.15, 0.2) is 77.9 Å². The van der Waals surface area contributed by atoms with Crippen LogP contribution in [0.25, 0.3) is 22.4 Å². The zero-order chi connectivity index (χ0) is 27.6. The SMILES string of the molecule is N#Cc1cnc2c(Cl)cc(NC(c3cccc(-c4ncco4)c3)c3cn[nH]n3)cc2c1Nc1cnc(F)c(F)c1. The lowest BCUT2D eigenvalue weighted by molar-refractivity contribution is 0.480. The molecule has 0 saturated carbocycles. The number of hydrogen-bond donors (Lipinski definition) is 3. The number of nitrogens with one attached hydrogen (secondary N) is 3. The molecule has 3 N–H and O–H groups in total. The normalized spacial score (nSPS) is 11.8. The van der Waals surface area contributed by atoms with E-state index in [1.807, 2.05) is 24.3 Å². The summed E-state index contributed by atoms with van der Waals surface area (Å²) in [5, 5.41) is 27.8. The van der Waals surface area contributed by atoms with Crippen LogP contribution < -0.4 is 10.6 Å². The topological polar surface area (TPSA) is 141 Å². The minimum atomic E-state index is -1.23. The van der Waals surface area contributed by atoms with Gasteiger partial charge in [0.2, 0.25) is 11.8 Å². The fourth-order valence-corrected chi connectivity index (χ4v) is 4.53. The summed E-state index contributed by atoms with van der Waals surface area (Å²) in [6, 6.07) is 13.5. The van der Waals surface area contributed by atoms with E-state index in [1.54, 1.807) is 24.5 Å². The zero-order valence-corrected chi connectivity index (χ0v) is 21.0. The van der Waals surface area contributed by atoms with Crippen LogP contribution in [0.4, 0.5) is 25.8 Å². The van der Waals surface area contributed by atoms with Crippen LogP contribution in [0.2, 0.25) is 5.02 Å². The summed E-state index contributed by atoms with van der Waals surface area (Å²) in [6.07, 6.45) is 7.13. The molecule has 0 amide bonds. The number of hydrogen-bond acceptors (Lipinski definition) is 9. The number of aromatic nitrogens is 6. The molecule has 0 bridgehead atoms. The maximum atomic E-state index is 13.9.